The molecule has 0 amide bonds. The third-order valence-corrected chi connectivity index (χ3v) is 2.33. The van der Waals surface area contributed by atoms with Crippen LogP contribution in [-0.2, 0) is 11.2 Å². The molecule has 2 rings (SSSR count). The van der Waals surface area contributed by atoms with Crippen molar-refractivity contribution in [1.29, 1.82) is 0 Å². The summed E-state index contributed by atoms with van der Waals surface area (Å²) < 4.78 is 17.9. The van der Waals surface area contributed by atoms with E-state index in [4.69, 9.17) is 10.5 Å². The van der Waals surface area contributed by atoms with Crippen LogP contribution in [0.15, 0.2) is 48.5 Å². The van der Waals surface area contributed by atoms with E-state index in [2.05, 4.69) is 0 Å². The van der Waals surface area contributed by atoms with Crippen molar-refractivity contribution in [3.05, 3.63) is 59.9 Å². The van der Waals surface area contributed by atoms with Crippen molar-refractivity contribution in [3.8, 4) is 5.75 Å². The number of anilines is 1. The summed E-state index contributed by atoms with van der Waals surface area (Å²) in [6.07, 6.45) is 0.0988. The van der Waals surface area contributed by atoms with Gasteiger partial charge in [0.15, 0.2) is 0 Å². The van der Waals surface area contributed by atoms with Crippen molar-refractivity contribution in [3.63, 3.8) is 0 Å². The zero-order valence-corrected chi connectivity index (χ0v) is 9.60. The molecule has 4 heteroatoms. The number of halogens is 1. The lowest BCUT2D eigenvalue weighted by Gasteiger charge is -2.05. The van der Waals surface area contributed by atoms with Crippen LogP contribution in [0.3, 0.4) is 0 Å². The van der Waals surface area contributed by atoms with Gasteiger partial charge < -0.3 is 10.5 Å². The Balaban J connectivity index is 2.01. The Morgan fingerprint density at radius 2 is 1.94 bits per heavy atom. The Hall–Kier alpha value is -2.36. The molecule has 0 fully saturated rings. The molecule has 2 N–H and O–H groups in total. The molecule has 3 nitrogen and oxygen atoms in total. The quantitative estimate of drug-likeness (QED) is 0.513. The number of carbonyl (C=O) groups is 1. The summed E-state index contributed by atoms with van der Waals surface area (Å²) in [4.78, 5) is 11.6. The van der Waals surface area contributed by atoms with Gasteiger partial charge in [-0.25, -0.2) is 4.39 Å². The predicted octanol–water partition coefficient (Wildman–Crippen LogP) is 2.56. The lowest BCUT2D eigenvalue weighted by atomic mass is 10.1. The molecular weight excluding hydrogens is 233 g/mol. The fourth-order valence-corrected chi connectivity index (χ4v) is 1.57. The summed E-state index contributed by atoms with van der Waals surface area (Å²) >= 11 is 0. The van der Waals surface area contributed by atoms with Crippen molar-refractivity contribution in [2.24, 2.45) is 0 Å². The van der Waals surface area contributed by atoms with Gasteiger partial charge in [0.2, 0.25) is 0 Å². The predicted molar refractivity (Wildman–Crippen MR) is 66.6 cm³/mol. The maximum Gasteiger partial charge on any atom is 0.315 e. The number of carbonyl (C=O) groups excluding carboxylic acids is 1. The molecule has 0 saturated heterocycles. The van der Waals surface area contributed by atoms with Crippen molar-refractivity contribution in [2.75, 3.05) is 5.73 Å². The van der Waals surface area contributed by atoms with Gasteiger partial charge in [-0.15, -0.1) is 0 Å². The summed E-state index contributed by atoms with van der Waals surface area (Å²) in [6.45, 7) is 0. The summed E-state index contributed by atoms with van der Waals surface area (Å²) in [5.41, 5.74) is 6.95. The molecule has 0 aliphatic heterocycles. The molecule has 92 valence electrons. The summed E-state index contributed by atoms with van der Waals surface area (Å²) in [6, 6.07) is 12.4. The summed E-state index contributed by atoms with van der Waals surface area (Å²) in [5.74, 6) is -0.695. The van der Waals surface area contributed by atoms with E-state index < -0.39 is 11.8 Å². The average molecular weight is 245 g/mol. The van der Waals surface area contributed by atoms with Crippen molar-refractivity contribution < 1.29 is 13.9 Å². The van der Waals surface area contributed by atoms with Crippen LogP contribution in [0, 0.1) is 5.82 Å². The second-order valence-electron chi connectivity index (χ2n) is 3.85. The standard InChI is InChI=1S/C14H12FNO2/c15-11-4-2-6-13(9-11)18-14(17)8-10-3-1-5-12(16)7-10/h1-7,9H,8,16H2. The Morgan fingerprint density at radius 1 is 1.17 bits per heavy atom. The third-order valence-electron chi connectivity index (χ3n) is 2.33. The van der Waals surface area contributed by atoms with Crippen LogP contribution >= 0.6 is 0 Å². The largest absolute Gasteiger partial charge is 0.426 e. The van der Waals surface area contributed by atoms with E-state index in [9.17, 15) is 9.18 Å². The number of nitrogen functional groups attached to an aromatic ring is 1. The first-order chi connectivity index (χ1) is 8.63. The molecule has 2 aromatic carbocycles. The monoisotopic (exact) mass is 245 g/mol. The molecule has 0 aliphatic carbocycles. The minimum Gasteiger partial charge on any atom is -0.426 e. The van der Waals surface area contributed by atoms with Crippen LogP contribution in [0.1, 0.15) is 5.56 Å². The van der Waals surface area contributed by atoms with Crippen LogP contribution in [0.2, 0.25) is 0 Å². The van der Waals surface area contributed by atoms with Crippen LogP contribution in [0.25, 0.3) is 0 Å². The van der Waals surface area contributed by atoms with Crippen LogP contribution < -0.4 is 10.5 Å². The fourth-order valence-electron chi connectivity index (χ4n) is 1.57. The van der Waals surface area contributed by atoms with Crippen LogP contribution in [0.4, 0.5) is 10.1 Å². The van der Waals surface area contributed by atoms with Gasteiger partial charge in [-0.3, -0.25) is 4.79 Å². The number of hydrogen-bond donors (Lipinski definition) is 1. The van der Waals surface area contributed by atoms with E-state index in [-0.39, 0.29) is 12.2 Å². The minimum absolute atomic E-state index is 0.0988. The smallest absolute Gasteiger partial charge is 0.315 e. The van der Waals surface area contributed by atoms with Gasteiger partial charge in [0.1, 0.15) is 11.6 Å². The summed E-state index contributed by atoms with van der Waals surface area (Å²) in [7, 11) is 0. The van der Waals surface area contributed by atoms with E-state index in [0.717, 1.165) is 11.6 Å². The van der Waals surface area contributed by atoms with Gasteiger partial charge in [-0.2, -0.15) is 0 Å². The van der Waals surface area contributed by atoms with Crippen molar-refractivity contribution in [2.45, 2.75) is 6.42 Å². The highest BCUT2D eigenvalue weighted by Crippen LogP contribution is 2.14. The van der Waals surface area contributed by atoms with E-state index >= 15 is 0 Å². The first-order valence-electron chi connectivity index (χ1n) is 5.44. The number of esters is 1. The fraction of sp³-hybridized carbons (Fsp3) is 0.0714. The maximum atomic E-state index is 12.9. The molecule has 0 aliphatic rings. The second-order valence-corrected chi connectivity index (χ2v) is 3.85. The number of benzene rings is 2. The number of hydrogen-bond acceptors (Lipinski definition) is 3. The number of nitrogens with two attached hydrogens (primary N) is 1. The average Bonchev–Trinajstić information content (AvgIpc) is 2.28. The van der Waals surface area contributed by atoms with Crippen LogP contribution in [-0.4, -0.2) is 5.97 Å². The first-order valence-corrected chi connectivity index (χ1v) is 5.44. The van der Waals surface area contributed by atoms with Gasteiger partial charge in [-0.05, 0) is 29.8 Å². The Bertz CT molecular complexity index is 520. The highest BCUT2D eigenvalue weighted by atomic mass is 19.1. The third kappa shape index (κ3) is 3.31. The lowest BCUT2D eigenvalue weighted by Crippen LogP contribution is -2.11. The molecule has 0 radical (unpaired) electrons. The van der Waals surface area contributed by atoms with Gasteiger partial charge >= 0.3 is 5.97 Å². The van der Waals surface area contributed by atoms with Gasteiger partial charge in [0, 0.05) is 11.8 Å². The Kier molecular flexibility index (Phi) is 3.57. The molecule has 18 heavy (non-hydrogen) atoms. The highest BCUT2D eigenvalue weighted by molar-refractivity contribution is 5.75. The molecule has 0 unspecified atom stereocenters. The molecule has 0 heterocycles. The normalized spacial score (nSPS) is 10.1. The van der Waals surface area contributed by atoms with E-state index in [1.54, 1.807) is 24.3 Å². The molecule has 2 aromatic rings. The SMILES string of the molecule is Nc1cccc(CC(=O)Oc2cccc(F)c2)c1. The topological polar surface area (TPSA) is 52.3 Å². The van der Waals surface area contributed by atoms with Gasteiger partial charge in [-0.1, -0.05) is 18.2 Å². The minimum atomic E-state index is -0.453. The van der Waals surface area contributed by atoms with Crippen molar-refractivity contribution in [1.82, 2.24) is 0 Å². The zero-order chi connectivity index (χ0) is 13.0. The van der Waals surface area contributed by atoms with Gasteiger partial charge in [0.25, 0.3) is 0 Å². The molecule has 0 aromatic heterocycles. The second kappa shape index (κ2) is 5.31. The molecule has 0 atom stereocenters. The first kappa shape index (κ1) is 12.1. The number of ether oxygens (including phenoxy) is 1. The highest BCUT2D eigenvalue weighted by Gasteiger charge is 2.07. The lowest BCUT2D eigenvalue weighted by molar-refractivity contribution is -0.133. The Morgan fingerprint density at radius 3 is 2.67 bits per heavy atom. The van der Waals surface area contributed by atoms with Crippen LogP contribution in [0.5, 0.6) is 5.75 Å². The van der Waals surface area contributed by atoms with Crippen molar-refractivity contribution >= 4 is 11.7 Å². The zero-order valence-electron chi connectivity index (χ0n) is 9.60. The molecule has 0 bridgehead atoms. The Labute approximate surface area is 104 Å². The summed E-state index contributed by atoms with van der Waals surface area (Å²) in [5, 5.41) is 0. The molecular formula is C14H12FNO2. The van der Waals surface area contributed by atoms with E-state index in [1.807, 2.05) is 0 Å². The molecule has 0 spiro atoms. The maximum absolute atomic E-state index is 12.9. The number of rotatable bonds is 3. The van der Waals surface area contributed by atoms with Gasteiger partial charge in [0.05, 0.1) is 6.42 Å². The molecule has 0 saturated carbocycles. The van der Waals surface area contributed by atoms with E-state index in [0.29, 0.717) is 5.69 Å². The van der Waals surface area contributed by atoms with E-state index in [1.165, 1.54) is 18.2 Å².